The number of rotatable bonds is 7. The van der Waals surface area contributed by atoms with Crippen LogP contribution in [0.4, 0.5) is 5.69 Å². The summed E-state index contributed by atoms with van der Waals surface area (Å²) in [6.07, 6.45) is 0. The number of para-hydroxylation sites is 1. The van der Waals surface area contributed by atoms with E-state index < -0.39 is 5.60 Å². The first kappa shape index (κ1) is 17.9. The molecule has 1 N–H and O–H groups in total. The molecule has 0 aliphatic rings. The van der Waals surface area contributed by atoms with E-state index in [1.807, 2.05) is 97.9 Å². The Morgan fingerprint density at radius 3 is 1.88 bits per heavy atom. The molecule has 0 spiro atoms. The number of benzene rings is 3. The first-order valence-electron chi connectivity index (χ1n) is 8.66. The van der Waals surface area contributed by atoms with Gasteiger partial charge >= 0.3 is 0 Å². The molecule has 3 aromatic carbocycles. The van der Waals surface area contributed by atoms with Crippen LogP contribution in [0.25, 0.3) is 0 Å². The smallest absolute Gasteiger partial charge is 0.196 e. The summed E-state index contributed by atoms with van der Waals surface area (Å²) in [6, 6.07) is 28.7. The third-order valence-electron chi connectivity index (χ3n) is 4.68. The van der Waals surface area contributed by atoms with Crippen molar-refractivity contribution in [2.75, 3.05) is 12.4 Å². The number of hydrogen-bond acceptors (Lipinski definition) is 3. The van der Waals surface area contributed by atoms with Crippen LogP contribution < -0.4 is 5.32 Å². The van der Waals surface area contributed by atoms with E-state index in [0.29, 0.717) is 5.56 Å². The van der Waals surface area contributed by atoms with Gasteiger partial charge in [0.2, 0.25) is 0 Å². The Balaban J connectivity index is 2.04. The van der Waals surface area contributed by atoms with Crippen LogP contribution in [-0.4, -0.2) is 18.5 Å². The van der Waals surface area contributed by atoms with Gasteiger partial charge in [-0.3, -0.25) is 4.79 Å². The van der Waals surface area contributed by atoms with Gasteiger partial charge in [-0.1, -0.05) is 78.9 Å². The average Bonchev–Trinajstić information content (AvgIpc) is 2.73. The molecule has 3 rings (SSSR count). The molecule has 2 atom stereocenters. The Kier molecular flexibility index (Phi) is 5.49. The zero-order valence-corrected chi connectivity index (χ0v) is 15.1. The first-order chi connectivity index (χ1) is 12.6. The molecule has 0 aliphatic heterocycles. The minimum absolute atomic E-state index is 0.0575. The highest BCUT2D eigenvalue weighted by atomic mass is 16.5. The fourth-order valence-electron chi connectivity index (χ4n) is 3.10. The Hall–Kier alpha value is -2.91. The van der Waals surface area contributed by atoms with Gasteiger partial charge in [-0.25, -0.2) is 0 Å². The van der Waals surface area contributed by atoms with Crippen molar-refractivity contribution in [3.8, 4) is 0 Å². The van der Waals surface area contributed by atoms with Crippen LogP contribution in [0.5, 0.6) is 0 Å². The normalized spacial score (nSPS) is 14.2. The summed E-state index contributed by atoms with van der Waals surface area (Å²) in [6.45, 7) is 1.84. The summed E-state index contributed by atoms with van der Waals surface area (Å²) >= 11 is 0. The van der Waals surface area contributed by atoms with Crippen molar-refractivity contribution in [3.05, 3.63) is 102 Å². The van der Waals surface area contributed by atoms with Crippen LogP contribution in [0.2, 0.25) is 0 Å². The number of ketones is 1. The van der Waals surface area contributed by atoms with Crippen molar-refractivity contribution in [2.45, 2.75) is 18.6 Å². The van der Waals surface area contributed by atoms with Gasteiger partial charge in [-0.15, -0.1) is 0 Å². The van der Waals surface area contributed by atoms with Crippen LogP contribution in [0.1, 0.15) is 28.9 Å². The zero-order chi connectivity index (χ0) is 18.4. The molecule has 26 heavy (non-hydrogen) atoms. The van der Waals surface area contributed by atoms with E-state index in [-0.39, 0.29) is 11.8 Å². The first-order valence-corrected chi connectivity index (χ1v) is 8.66. The van der Waals surface area contributed by atoms with Crippen molar-refractivity contribution in [1.82, 2.24) is 0 Å². The molecule has 0 radical (unpaired) electrons. The summed E-state index contributed by atoms with van der Waals surface area (Å²) in [4.78, 5) is 13.3. The van der Waals surface area contributed by atoms with Crippen molar-refractivity contribution in [2.24, 2.45) is 0 Å². The van der Waals surface area contributed by atoms with Gasteiger partial charge in [-0.2, -0.15) is 0 Å². The van der Waals surface area contributed by atoms with Gasteiger partial charge in [0.1, 0.15) is 0 Å². The van der Waals surface area contributed by atoms with Gasteiger partial charge in [0.15, 0.2) is 11.4 Å². The van der Waals surface area contributed by atoms with Crippen LogP contribution in [0.3, 0.4) is 0 Å². The molecule has 3 heteroatoms. The Bertz CT molecular complexity index is 834. The fraction of sp³-hybridized carbons (Fsp3) is 0.174. The number of methoxy groups -OCH3 is 1. The standard InChI is InChI=1S/C23H23NO2/c1-23(26-2,22(25)19-14-8-4-9-15-19)21(18-12-6-3-7-13-18)24-20-16-10-5-11-17-20/h3-17,21,24H,1-2H3. The Labute approximate surface area is 154 Å². The van der Waals surface area contributed by atoms with Crippen molar-refractivity contribution < 1.29 is 9.53 Å². The lowest BCUT2D eigenvalue weighted by Gasteiger charge is -2.36. The number of ether oxygens (including phenoxy) is 1. The van der Waals surface area contributed by atoms with Crippen LogP contribution in [0.15, 0.2) is 91.0 Å². The molecule has 3 aromatic rings. The minimum atomic E-state index is -1.07. The van der Waals surface area contributed by atoms with Gasteiger partial charge in [-0.05, 0) is 24.6 Å². The number of hydrogen-bond donors (Lipinski definition) is 1. The molecule has 0 saturated carbocycles. The van der Waals surface area contributed by atoms with E-state index in [9.17, 15) is 4.79 Å². The maximum absolute atomic E-state index is 13.3. The maximum Gasteiger partial charge on any atom is 0.196 e. The largest absolute Gasteiger partial charge is 0.375 e. The van der Waals surface area contributed by atoms with E-state index in [1.165, 1.54) is 0 Å². The molecule has 0 heterocycles. The predicted molar refractivity (Wildman–Crippen MR) is 105 cm³/mol. The van der Waals surface area contributed by atoms with E-state index in [1.54, 1.807) is 7.11 Å². The average molecular weight is 345 g/mol. The number of Topliss-reactive ketones (excluding diaryl/α,β-unsaturated/α-hetero) is 1. The number of nitrogens with one attached hydrogen (secondary N) is 1. The summed E-state index contributed by atoms with van der Waals surface area (Å²) in [7, 11) is 1.59. The quantitative estimate of drug-likeness (QED) is 0.603. The van der Waals surface area contributed by atoms with Crippen molar-refractivity contribution >= 4 is 11.5 Å². The summed E-state index contributed by atoms with van der Waals surface area (Å²) in [5, 5.41) is 3.49. The SMILES string of the molecule is COC(C)(C(=O)c1ccccc1)C(Nc1ccccc1)c1ccccc1. The molecule has 0 saturated heterocycles. The molecule has 0 fully saturated rings. The lowest BCUT2D eigenvalue weighted by Crippen LogP contribution is -2.46. The molecule has 0 aliphatic carbocycles. The fourth-order valence-corrected chi connectivity index (χ4v) is 3.10. The van der Waals surface area contributed by atoms with E-state index in [2.05, 4.69) is 5.32 Å². The van der Waals surface area contributed by atoms with E-state index in [4.69, 9.17) is 4.74 Å². The number of anilines is 1. The van der Waals surface area contributed by atoms with Gasteiger partial charge in [0.05, 0.1) is 6.04 Å². The molecular weight excluding hydrogens is 322 g/mol. The topological polar surface area (TPSA) is 38.3 Å². The molecule has 0 bridgehead atoms. The maximum atomic E-state index is 13.3. The second kappa shape index (κ2) is 7.98. The molecule has 0 amide bonds. The predicted octanol–water partition coefficient (Wildman–Crippen LogP) is 5.13. The highest BCUT2D eigenvalue weighted by Gasteiger charge is 2.43. The minimum Gasteiger partial charge on any atom is -0.375 e. The van der Waals surface area contributed by atoms with Gasteiger partial charge in [0, 0.05) is 18.4 Å². The number of carbonyl (C=O) groups is 1. The van der Waals surface area contributed by atoms with E-state index >= 15 is 0 Å². The van der Waals surface area contributed by atoms with Gasteiger partial charge < -0.3 is 10.1 Å². The molecule has 132 valence electrons. The lowest BCUT2D eigenvalue weighted by atomic mass is 9.83. The highest BCUT2D eigenvalue weighted by Crippen LogP contribution is 2.35. The number of carbonyl (C=O) groups excluding carboxylic acids is 1. The third-order valence-corrected chi connectivity index (χ3v) is 4.68. The second-order valence-electron chi connectivity index (χ2n) is 6.36. The molecule has 0 aromatic heterocycles. The van der Waals surface area contributed by atoms with Crippen molar-refractivity contribution in [3.63, 3.8) is 0 Å². The Morgan fingerprint density at radius 1 is 0.846 bits per heavy atom. The summed E-state index contributed by atoms with van der Waals surface area (Å²) in [5.74, 6) is -0.0575. The molecule has 3 nitrogen and oxygen atoms in total. The molecular formula is C23H23NO2. The van der Waals surface area contributed by atoms with Crippen molar-refractivity contribution in [1.29, 1.82) is 0 Å². The van der Waals surface area contributed by atoms with Gasteiger partial charge in [0.25, 0.3) is 0 Å². The highest BCUT2D eigenvalue weighted by molar-refractivity contribution is 6.03. The lowest BCUT2D eigenvalue weighted by molar-refractivity contribution is 0.00138. The van der Waals surface area contributed by atoms with Crippen LogP contribution in [0, 0.1) is 0 Å². The van der Waals surface area contributed by atoms with Crippen LogP contribution >= 0.6 is 0 Å². The third kappa shape index (κ3) is 3.68. The van der Waals surface area contributed by atoms with Crippen LogP contribution in [-0.2, 0) is 4.74 Å². The summed E-state index contributed by atoms with van der Waals surface area (Å²) < 4.78 is 5.83. The van der Waals surface area contributed by atoms with E-state index in [0.717, 1.165) is 11.3 Å². The summed E-state index contributed by atoms with van der Waals surface area (Å²) in [5.41, 5.74) is 1.49. The Morgan fingerprint density at radius 2 is 1.35 bits per heavy atom. The second-order valence-corrected chi connectivity index (χ2v) is 6.36. The monoisotopic (exact) mass is 345 g/mol. The zero-order valence-electron chi connectivity index (χ0n) is 15.1. The molecule has 2 unspecified atom stereocenters.